The lowest BCUT2D eigenvalue weighted by molar-refractivity contribution is 1.22. The lowest BCUT2D eigenvalue weighted by Crippen LogP contribution is -2.03. The summed E-state index contributed by atoms with van der Waals surface area (Å²) in [6.07, 6.45) is 0. The molecular formula is C7H6BN3O. The zero-order valence-corrected chi connectivity index (χ0v) is 6.22. The number of hydrogen-bond acceptors (Lipinski definition) is 2. The molecule has 0 amide bonds. The maximum atomic E-state index is 10.8. The van der Waals surface area contributed by atoms with Crippen molar-refractivity contribution in [2.75, 3.05) is 5.73 Å². The van der Waals surface area contributed by atoms with Gasteiger partial charge in [0.15, 0.2) is 0 Å². The van der Waals surface area contributed by atoms with E-state index in [4.69, 9.17) is 13.6 Å². The second-order valence-corrected chi connectivity index (χ2v) is 2.61. The summed E-state index contributed by atoms with van der Waals surface area (Å²) >= 11 is 0. The average molecular weight is 159 g/mol. The van der Waals surface area contributed by atoms with Crippen LogP contribution < -0.4 is 16.9 Å². The zero-order valence-electron chi connectivity index (χ0n) is 6.22. The number of aromatic amines is 2. The predicted octanol–water partition coefficient (Wildman–Crippen LogP) is -0.768. The first-order valence-corrected chi connectivity index (χ1v) is 3.44. The highest BCUT2D eigenvalue weighted by molar-refractivity contribution is 6.33. The number of fused-ring (bicyclic) bond motifs is 1. The molecule has 1 aromatic carbocycles. The molecule has 4 N–H and O–H groups in total. The molecule has 58 valence electrons. The fraction of sp³-hybridized carbons (Fsp3) is 0. The number of aromatic nitrogens is 2. The van der Waals surface area contributed by atoms with Crippen LogP contribution in [0.15, 0.2) is 16.9 Å². The first-order chi connectivity index (χ1) is 5.66. The van der Waals surface area contributed by atoms with E-state index in [2.05, 4.69) is 9.97 Å². The summed E-state index contributed by atoms with van der Waals surface area (Å²) in [7, 11) is 5.52. The van der Waals surface area contributed by atoms with Gasteiger partial charge in [0.25, 0.3) is 0 Å². The van der Waals surface area contributed by atoms with Crippen LogP contribution in [0.1, 0.15) is 0 Å². The molecule has 0 aliphatic carbocycles. The van der Waals surface area contributed by atoms with E-state index < -0.39 is 0 Å². The molecule has 0 unspecified atom stereocenters. The molecular weight excluding hydrogens is 153 g/mol. The molecule has 0 aliphatic heterocycles. The van der Waals surface area contributed by atoms with Gasteiger partial charge in [0.2, 0.25) is 0 Å². The standard InChI is InChI=1S/C7H6BN3O/c8-3-1-4(9)6-5(2-3)10-7(12)11-6/h1-2H,9H2,(H2,10,11,12). The zero-order chi connectivity index (χ0) is 8.72. The molecule has 0 bridgehead atoms. The first kappa shape index (κ1) is 7.03. The molecule has 2 aromatic rings. The number of rotatable bonds is 0. The Hall–Kier alpha value is -1.65. The van der Waals surface area contributed by atoms with Gasteiger partial charge in [0.1, 0.15) is 7.85 Å². The van der Waals surface area contributed by atoms with E-state index in [1.54, 1.807) is 12.1 Å². The molecule has 0 saturated heterocycles. The molecule has 1 heterocycles. The van der Waals surface area contributed by atoms with Crippen LogP contribution in [-0.2, 0) is 0 Å². The maximum Gasteiger partial charge on any atom is 0.323 e. The minimum atomic E-state index is -0.276. The SMILES string of the molecule is [B]c1cc(N)c2[nH]c(=O)[nH]c2c1. The molecule has 2 radical (unpaired) electrons. The largest absolute Gasteiger partial charge is 0.397 e. The Kier molecular flexibility index (Phi) is 1.27. The second kappa shape index (κ2) is 2.17. The summed E-state index contributed by atoms with van der Waals surface area (Å²) < 4.78 is 0. The molecule has 0 spiro atoms. The molecule has 4 nitrogen and oxygen atoms in total. The van der Waals surface area contributed by atoms with Crippen LogP contribution in [0.4, 0.5) is 5.69 Å². The Morgan fingerprint density at radius 3 is 2.83 bits per heavy atom. The van der Waals surface area contributed by atoms with Gasteiger partial charge in [-0.2, -0.15) is 0 Å². The molecule has 12 heavy (non-hydrogen) atoms. The first-order valence-electron chi connectivity index (χ1n) is 3.44. The Morgan fingerprint density at radius 2 is 2.08 bits per heavy atom. The highest BCUT2D eigenvalue weighted by atomic mass is 16.1. The Bertz CT molecular complexity index is 485. The summed E-state index contributed by atoms with van der Waals surface area (Å²) in [5, 5.41) is 0. The number of benzene rings is 1. The average Bonchev–Trinajstić information content (AvgIpc) is 2.29. The molecule has 0 aliphatic rings. The fourth-order valence-corrected chi connectivity index (χ4v) is 1.19. The molecule has 1 aromatic heterocycles. The van der Waals surface area contributed by atoms with Gasteiger partial charge >= 0.3 is 5.69 Å². The van der Waals surface area contributed by atoms with E-state index in [-0.39, 0.29) is 5.69 Å². The van der Waals surface area contributed by atoms with Crippen LogP contribution in [-0.4, -0.2) is 17.8 Å². The lowest BCUT2D eigenvalue weighted by Gasteiger charge is -1.97. The number of anilines is 1. The summed E-state index contributed by atoms with van der Waals surface area (Å²) in [5.41, 5.74) is 7.58. The van der Waals surface area contributed by atoms with Crippen molar-refractivity contribution < 1.29 is 0 Å². The van der Waals surface area contributed by atoms with E-state index in [1.807, 2.05) is 0 Å². The van der Waals surface area contributed by atoms with Crippen LogP contribution in [0.5, 0.6) is 0 Å². The van der Waals surface area contributed by atoms with Crippen molar-refractivity contribution in [2.24, 2.45) is 0 Å². The molecule has 0 fully saturated rings. The quantitative estimate of drug-likeness (QED) is 0.348. The number of imidazole rings is 1. The van der Waals surface area contributed by atoms with Crippen molar-refractivity contribution in [1.29, 1.82) is 0 Å². The van der Waals surface area contributed by atoms with Crippen molar-refractivity contribution in [1.82, 2.24) is 9.97 Å². The van der Waals surface area contributed by atoms with Gasteiger partial charge in [0, 0.05) is 0 Å². The van der Waals surface area contributed by atoms with Crippen LogP contribution in [0.25, 0.3) is 11.0 Å². The highest BCUT2D eigenvalue weighted by Gasteiger charge is 2.01. The van der Waals surface area contributed by atoms with E-state index in [0.717, 1.165) is 0 Å². The summed E-state index contributed by atoms with van der Waals surface area (Å²) in [6.45, 7) is 0. The molecule has 5 heteroatoms. The minimum Gasteiger partial charge on any atom is -0.397 e. The third-order valence-corrected chi connectivity index (χ3v) is 1.68. The molecule has 2 rings (SSSR count). The van der Waals surface area contributed by atoms with E-state index >= 15 is 0 Å². The number of hydrogen-bond donors (Lipinski definition) is 3. The van der Waals surface area contributed by atoms with Crippen molar-refractivity contribution in [3.05, 3.63) is 22.6 Å². The number of nitrogens with one attached hydrogen (secondary N) is 2. The van der Waals surface area contributed by atoms with Gasteiger partial charge in [-0.1, -0.05) is 5.46 Å². The fourth-order valence-electron chi connectivity index (χ4n) is 1.19. The summed E-state index contributed by atoms with van der Waals surface area (Å²) in [4.78, 5) is 16.0. The third kappa shape index (κ3) is 0.904. The van der Waals surface area contributed by atoms with Crippen molar-refractivity contribution >= 4 is 30.0 Å². The van der Waals surface area contributed by atoms with Crippen LogP contribution in [0.2, 0.25) is 0 Å². The molecule has 0 atom stereocenters. The lowest BCUT2D eigenvalue weighted by atomic mass is 9.95. The number of H-pyrrole nitrogens is 2. The van der Waals surface area contributed by atoms with E-state index in [1.165, 1.54) is 0 Å². The topological polar surface area (TPSA) is 74.7 Å². The van der Waals surface area contributed by atoms with E-state index in [9.17, 15) is 4.79 Å². The third-order valence-electron chi connectivity index (χ3n) is 1.68. The minimum absolute atomic E-state index is 0.276. The van der Waals surface area contributed by atoms with Crippen LogP contribution in [0.3, 0.4) is 0 Å². The highest BCUT2D eigenvalue weighted by Crippen LogP contribution is 2.12. The van der Waals surface area contributed by atoms with Gasteiger partial charge in [-0.3, -0.25) is 0 Å². The normalized spacial score (nSPS) is 10.7. The van der Waals surface area contributed by atoms with Gasteiger partial charge in [-0.25, -0.2) is 4.79 Å². The van der Waals surface area contributed by atoms with Crippen molar-refractivity contribution in [3.63, 3.8) is 0 Å². The monoisotopic (exact) mass is 159 g/mol. The van der Waals surface area contributed by atoms with Gasteiger partial charge < -0.3 is 15.7 Å². The summed E-state index contributed by atoms with van der Waals surface area (Å²) in [6, 6.07) is 3.26. The molecule has 0 saturated carbocycles. The Labute approximate surface area is 69.2 Å². The van der Waals surface area contributed by atoms with Crippen molar-refractivity contribution in [2.45, 2.75) is 0 Å². The maximum absolute atomic E-state index is 10.8. The van der Waals surface area contributed by atoms with Gasteiger partial charge in [-0.15, -0.1) is 0 Å². The Morgan fingerprint density at radius 1 is 1.33 bits per heavy atom. The smallest absolute Gasteiger partial charge is 0.323 e. The van der Waals surface area contributed by atoms with Crippen LogP contribution >= 0.6 is 0 Å². The van der Waals surface area contributed by atoms with E-state index in [0.29, 0.717) is 22.2 Å². The Balaban J connectivity index is 2.97. The summed E-state index contributed by atoms with van der Waals surface area (Å²) in [5.74, 6) is 0. The van der Waals surface area contributed by atoms with Crippen LogP contribution in [0, 0.1) is 0 Å². The van der Waals surface area contributed by atoms with Gasteiger partial charge in [0.05, 0.1) is 16.7 Å². The second-order valence-electron chi connectivity index (χ2n) is 2.61. The number of nitrogen functional groups attached to an aromatic ring is 1. The number of nitrogens with two attached hydrogens (primary N) is 1. The predicted molar refractivity (Wildman–Crippen MR) is 48.7 cm³/mol. The van der Waals surface area contributed by atoms with Crippen molar-refractivity contribution in [3.8, 4) is 0 Å². The van der Waals surface area contributed by atoms with Gasteiger partial charge in [-0.05, 0) is 12.1 Å².